The van der Waals surface area contributed by atoms with Gasteiger partial charge in [0.2, 0.25) is 0 Å². The maximum absolute atomic E-state index is 2.33. The van der Waals surface area contributed by atoms with Crippen molar-refractivity contribution in [2.45, 2.75) is 6.92 Å². The minimum absolute atomic E-state index is 1.24. The number of aryl methyl sites for hydroxylation is 1. The molecule has 0 N–H and O–H groups in total. The van der Waals surface area contributed by atoms with E-state index >= 15 is 0 Å². The number of fused-ring (bicyclic) bond motifs is 2. The summed E-state index contributed by atoms with van der Waals surface area (Å²) in [7, 11) is 0. The molecular formula is C33H24. The maximum atomic E-state index is 2.33. The van der Waals surface area contributed by atoms with E-state index in [1.807, 2.05) is 0 Å². The van der Waals surface area contributed by atoms with Gasteiger partial charge in [0.15, 0.2) is 0 Å². The first-order chi connectivity index (χ1) is 16.3. The number of benzene rings is 6. The van der Waals surface area contributed by atoms with Gasteiger partial charge in [-0.15, -0.1) is 0 Å². The van der Waals surface area contributed by atoms with E-state index in [0.717, 1.165) is 0 Å². The van der Waals surface area contributed by atoms with Gasteiger partial charge in [0.25, 0.3) is 0 Å². The van der Waals surface area contributed by atoms with Crippen molar-refractivity contribution < 1.29 is 0 Å². The maximum Gasteiger partial charge on any atom is -0.00262 e. The van der Waals surface area contributed by atoms with Crippen LogP contribution in [0.2, 0.25) is 0 Å². The highest BCUT2D eigenvalue weighted by atomic mass is 14.2. The van der Waals surface area contributed by atoms with Crippen molar-refractivity contribution in [3.63, 3.8) is 0 Å². The van der Waals surface area contributed by atoms with E-state index in [4.69, 9.17) is 0 Å². The highest BCUT2D eigenvalue weighted by Gasteiger charge is 2.16. The Hall–Kier alpha value is -4.16. The Kier molecular flexibility index (Phi) is 4.78. The summed E-state index contributed by atoms with van der Waals surface area (Å²) in [5.41, 5.74) is 8.89. The summed E-state index contributed by atoms with van der Waals surface area (Å²) in [6.45, 7) is 2.16. The number of hydrogen-bond donors (Lipinski definition) is 0. The van der Waals surface area contributed by atoms with Gasteiger partial charge in [-0.1, -0.05) is 127 Å². The van der Waals surface area contributed by atoms with Gasteiger partial charge >= 0.3 is 0 Å². The van der Waals surface area contributed by atoms with Gasteiger partial charge in [0.05, 0.1) is 0 Å². The summed E-state index contributed by atoms with van der Waals surface area (Å²) in [4.78, 5) is 0. The fraction of sp³-hybridized carbons (Fsp3) is 0.0303. The molecule has 0 nitrogen and oxygen atoms in total. The van der Waals surface area contributed by atoms with Crippen LogP contribution in [0.3, 0.4) is 0 Å². The van der Waals surface area contributed by atoms with E-state index in [1.54, 1.807) is 0 Å². The molecule has 0 atom stereocenters. The largest absolute Gasteiger partial charge is 0.0622 e. The topological polar surface area (TPSA) is 0 Å². The Labute approximate surface area is 194 Å². The molecule has 0 unspecified atom stereocenters. The summed E-state index contributed by atoms with van der Waals surface area (Å²) in [6, 6.07) is 46.1. The zero-order valence-corrected chi connectivity index (χ0v) is 18.6. The fourth-order valence-corrected chi connectivity index (χ4v) is 5.04. The average molecular weight is 421 g/mol. The lowest BCUT2D eigenvalue weighted by atomic mass is 9.85. The molecule has 156 valence electrons. The van der Waals surface area contributed by atoms with Crippen LogP contribution < -0.4 is 0 Å². The van der Waals surface area contributed by atoms with Crippen molar-refractivity contribution in [3.8, 4) is 33.4 Å². The van der Waals surface area contributed by atoms with Crippen molar-refractivity contribution in [1.82, 2.24) is 0 Å². The molecule has 0 heteroatoms. The molecule has 0 aliphatic heterocycles. The van der Waals surface area contributed by atoms with Crippen LogP contribution in [0.25, 0.3) is 54.9 Å². The Morgan fingerprint density at radius 3 is 1.30 bits per heavy atom. The molecule has 6 rings (SSSR count). The van der Waals surface area contributed by atoms with Crippen LogP contribution >= 0.6 is 0 Å². The first-order valence-corrected chi connectivity index (χ1v) is 11.5. The van der Waals surface area contributed by atoms with Crippen molar-refractivity contribution >= 4 is 21.5 Å². The van der Waals surface area contributed by atoms with E-state index in [9.17, 15) is 0 Å². The summed E-state index contributed by atoms with van der Waals surface area (Å²) in [6.07, 6.45) is 0. The Morgan fingerprint density at radius 1 is 0.333 bits per heavy atom. The molecule has 0 bridgehead atoms. The lowest BCUT2D eigenvalue weighted by Crippen LogP contribution is -1.91. The predicted molar refractivity (Wildman–Crippen MR) is 142 cm³/mol. The molecule has 0 heterocycles. The van der Waals surface area contributed by atoms with Crippen LogP contribution in [-0.4, -0.2) is 0 Å². The summed E-state index contributed by atoms with van der Waals surface area (Å²) < 4.78 is 0. The van der Waals surface area contributed by atoms with Crippen LogP contribution in [0.4, 0.5) is 0 Å². The van der Waals surface area contributed by atoms with Crippen LogP contribution in [0.1, 0.15) is 5.56 Å². The second kappa shape index (κ2) is 8.07. The lowest BCUT2D eigenvalue weighted by Gasteiger charge is -2.18. The summed E-state index contributed by atoms with van der Waals surface area (Å²) in [5.74, 6) is 0. The fourth-order valence-electron chi connectivity index (χ4n) is 5.04. The lowest BCUT2D eigenvalue weighted by molar-refractivity contribution is 1.47. The third kappa shape index (κ3) is 3.41. The van der Waals surface area contributed by atoms with Gasteiger partial charge in [0.1, 0.15) is 0 Å². The Balaban J connectivity index is 1.71. The first-order valence-electron chi connectivity index (χ1n) is 11.5. The number of hydrogen-bond acceptors (Lipinski definition) is 0. The zero-order chi connectivity index (χ0) is 22.2. The SMILES string of the molecule is Cc1cccc(-c2c3ccccc3c(-c3cccc(-c4ccccc4)c3)c3ccccc23)c1. The second-order valence-electron chi connectivity index (χ2n) is 8.66. The van der Waals surface area contributed by atoms with Gasteiger partial charge in [-0.2, -0.15) is 0 Å². The minimum Gasteiger partial charge on any atom is -0.0622 e. The Morgan fingerprint density at radius 2 is 0.758 bits per heavy atom. The standard InChI is InChI=1S/C33H24/c1-23-11-9-15-26(21-23)32-28-17-5-7-19-30(28)33(31-20-8-6-18-29(31)32)27-16-10-14-25(22-27)24-12-3-2-4-13-24/h2-22H,1H3. The van der Waals surface area contributed by atoms with Crippen molar-refractivity contribution in [1.29, 1.82) is 0 Å². The summed E-state index contributed by atoms with van der Waals surface area (Å²) in [5, 5.41) is 5.17. The summed E-state index contributed by atoms with van der Waals surface area (Å²) >= 11 is 0. The minimum atomic E-state index is 1.24. The molecule has 0 fully saturated rings. The average Bonchev–Trinajstić information content (AvgIpc) is 2.88. The molecule has 33 heavy (non-hydrogen) atoms. The zero-order valence-electron chi connectivity index (χ0n) is 18.6. The van der Waals surface area contributed by atoms with E-state index in [1.165, 1.54) is 60.5 Å². The van der Waals surface area contributed by atoms with Gasteiger partial charge in [-0.25, -0.2) is 0 Å². The molecule has 0 spiro atoms. The quantitative estimate of drug-likeness (QED) is 0.250. The normalized spacial score (nSPS) is 11.2. The molecule has 0 radical (unpaired) electrons. The van der Waals surface area contributed by atoms with Crippen molar-refractivity contribution in [2.75, 3.05) is 0 Å². The van der Waals surface area contributed by atoms with Crippen molar-refractivity contribution in [3.05, 3.63) is 133 Å². The van der Waals surface area contributed by atoms with E-state index in [0.29, 0.717) is 0 Å². The molecular weight excluding hydrogens is 396 g/mol. The third-order valence-electron chi connectivity index (χ3n) is 6.50. The molecule has 6 aromatic carbocycles. The van der Waals surface area contributed by atoms with E-state index in [2.05, 4.69) is 134 Å². The predicted octanol–water partition coefficient (Wildman–Crippen LogP) is 9.30. The third-order valence-corrected chi connectivity index (χ3v) is 6.50. The van der Waals surface area contributed by atoms with Gasteiger partial charge in [0, 0.05) is 0 Å². The van der Waals surface area contributed by atoms with Crippen LogP contribution in [-0.2, 0) is 0 Å². The van der Waals surface area contributed by atoms with Crippen LogP contribution in [0.5, 0.6) is 0 Å². The monoisotopic (exact) mass is 420 g/mol. The molecule has 6 aromatic rings. The molecule has 0 aromatic heterocycles. The highest BCUT2D eigenvalue weighted by Crippen LogP contribution is 2.44. The highest BCUT2D eigenvalue weighted by molar-refractivity contribution is 6.21. The molecule has 0 aliphatic carbocycles. The van der Waals surface area contributed by atoms with Gasteiger partial charge < -0.3 is 0 Å². The van der Waals surface area contributed by atoms with Gasteiger partial charge in [-0.05, 0) is 67.9 Å². The van der Waals surface area contributed by atoms with E-state index in [-0.39, 0.29) is 0 Å². The first kappa shape index (κ1) is 19.5. The molecule has 0 aliphatic rings. The van der Waals surface area contributed by atoms with Crippen molar-refractivity contribution in [2.24, 2.45) is 0 Å². The molecule has 0 amide bonds. The Bertz CT molecular complexity index is 1550. The van der Waals surface area contributed by atoms with Crippen LogP contribution in [0, 0.1) is 6.92 Å². The molecule has 0 saturated heterocycles. The number of rotatable bonds is 3. The van der Waals surface area contributed by atoms with Gasteiger partial charge in [-0.3, -0.25) is 0 Å². The smallest absolute Gasteiger partial charge is 0.00262 e. The second-order valence-corrected chi connectivity index (χ2v) is 8.66. The molecule has 0 saturated carbocycles. The van der Waals surface area contributed by atoms with E-state index < -0.39 is 0 Å². The van der Waals surface area contributed by atoms with Crippen LogP contribution in [0.15, 0.2) is 127 Å².